The molecule has 7 heteroatoms. The first-order valence-electron chi connectivity index (χ1n) is 6.00. The van der Waals surface area contributed by atoms with E-state index in [9.17, 15) is 13.2 Å². The SMILES string of the molecule is Cc1ccc(NC(=S)NNc2ccc(F)cc2F)cc1F. The lowest BCUT2D eigenvalue weighted by atomic mass is 10.2. The van der Waals surface area contributed by atoms with Crippen LogP contribution in [0, 0.1) is 24.4 Å². The molecule has 3 nitrogen and oxygen atoms in total. The van der Waals surface area contributed by atoms with E-state index in [1.165, 1.54) is 12.1 Å². The predicted molar refractivity (Wildman–Crippen MR) is 80.5 cm³/mol. The van der Waals surface area contributed by atoms with Gasteiger partial charge >= 0.3 is 0 Å². The predicted octanol–water partition coefficient (Wildman–Crippen LogP) is 3.73. The highest BCUT2D eigenvalue weighted by atomic mass is 32.1. The van der Waals surface area contributed by atoms with E-state index >= 15 is 0 Å². The van der Waals surface area contributed by atoms with Gasteiger partial charge in [0.1, 0.15) is 11.6 Å². The van der Waals surface area contributed by atoms with Crippen LogP contribution in [0.25, 0.3) is 0 Å². The molecule has 0 aliphatic heterocycles. The molecule has 0 aromatic heterocycles. The van der Waals surface area contributed by atoms with Crippen molar-refractivity contribution in [3.63, 3.8) is 0 Å². The van der Waals surface area contributed by atoms with Gasteiger partial charge in [-0.05, 0) is 49.0 Å². The number of aryl methyl sites for hydroxylation is 1. The van der Waals surface area contributed by atoms with E-state index in [2.05, 4.69) is 16.2 Å². The van der Waals surface area contributed by atoms with Gasteiger partial charge in [-0.15, -0.1) is 0 Å². The van der Waals surface area contributed by atoms with Gasteiger partial charge in [0, 0.05) is 11.8 Å². The van der Waals surface area contributed by atoms with Crippen molar-refractivity contribution in [3.05, 3.63) is 59.4 Å². The number of hydrazine groups is 1. The van der Waals surface area contributed by atoms with Crippen molar-refractivity contribution in [2.45, 2.75) is 6.92 Å². The molecular weight excluding hydrogens is 299 g/mol. The number of benzene rings is 2. The van der Waals surface area contributed by atoms with E-state index in [0.29, 0.717) is 11.3 Å². The van der Waals surface area contributed by atoms with Gasteiger partial charge < -0.3 is 5.32 Å². The van der Waals surface area contributed by atoms with Crippen LogP contribution in [0.1, 0.15) is 5.56 Å². The second kappa shape index (κ2) is 6.45. The Labute approximate surface area is 125 Å². The molecule has 0 saturated heterocycles. The zero-order valence-electron chi connectivity index (χ0n) is 11.0. The quantitative estimate of drug-likeness (QED) is 0.596. The van der Waals surface area contributed by atoms with Gasteiger partial charge in [-0.1, -0.05) is 6.07 Å². The first kappa shape index (κ1) is 15.1. The average molecular weight is 311 g/mol. The smallest absolute Gasteiger partial charge is 0.189 e. The van der Waals surface area contributed by atoms with Crippen LogP contribution in [-0.2, 0) is 0 Å². The van der Waals surface area contributed by atoms with Crippen molar-refractivity contribution >= 4 is 28.7 Å². The van der Waals surface area contributed by atoms with Gasteiger partial charge in [-0.25, -0.2) is 13.2 Å². The van der Waals surface area contributed by atoms with E-state index < -0.39 is 11.6 Å². The summed E-state index contributed by atoms with van der Waals surface area (Å²) in [6.45, 7) is 1.65. The van der Waals surface area contributed by atoms with Gasteiger partial charge in [0.2, 0.25) is 0 Å². The van der Waals surface area contributed by atoms with Crippen LogP contribution in [-0.4, -0.2) is 5.11 Å². The molecule has 3 N–H and O–H groups in total. The Morgan fingerprint density at radius 3 is 2.43 bits per heavy atom. The molecule has 2 aromatic rings. The van der Waals surface area contributed by atoms with Crippen molar-refractivity contribution in [3.8, 4) is 0 Å². The van der Waals surface area contributed by atoms with Crippen LogP contribution in [0.15, 0.2) is 36.4 Å². The van der Waals surface area contributed by atoms with Crippen LogP contribution in [0.2, 0.25) is 0 Å². The van der Waals surface area contributed by atoms with Crippen LogP contribution >= 0.6 is 12.2 Å². The molecule has 0 bridgehead atoms. The molecule has 0 amide bonds. The van der Waals surface area contributed by atoms with Gasteiger partial charge in [-0.2, -0.15) is 0 Å². The molecule has 110 valence electrons. The minimum Gasteiger partial charge on any atom is -0.331 e. The normalized spacial score (nSPS) is 10.1. The number of hydrogen-bond acceptors (Lipinski definition) is 2. The monoisotopic (exact) mass is 311 g/mol. The molecule has 0 aliphatic carbocycles. The summed E-state index contributed by atoms with van der Waals surface area (Å²) in [7, 11) is 0. The van der Waals surface area contributed by atoms with E-state index in [4.69, 9.17) is 12.2 Å². The summed E-state index contributed by atoms with van der Waals surface area (Å²) in [5, 5.41) is 2.85. The lowest BCUT2D eigenvalue weighted by Gasteiger charge is -2.13. The van der Waals surface area contributed by atoms with Crippen LogP contribution in [0.3, 0.4) is 0 Å². The fraction of sp³-hybridized carbons (Fsp3) is 0.0714. The van der Waals surface area contributed by atoms with E-state index in [1.54, 1.807) is 19.1 Å². The fourth-order valence-electron chi connectivity index (χ4n) is 1.55. The Kier molecular flexibility index (Phi) is 4.64. The molecular formula is C14H12F3N3S. The standard InChI is InChI=1S/C14H12F3N3S/c1-8-2-4-10(7-11(8)16)18-14(21)20-19-13-5-3-9(15)6-12(13)17/h2-7,19H,1H3,(H2,18,20,21). The van der Waals surface area contributed by atoms with Crippen molar-refractivity contribution in [1.82, 2.24) is 5.43 Å². The first-order chi connectivity index (χ1) is 9.95. The van der Waals surface area contributed by atoms with Gasteiger partial charge in [0.15, 0.2) is 10.9 Å². The van der Waals surface area contributed by atoms with Crippen LogP contribution in [0.5, 0.6) is 0 Å². The van der Waals surface area contributed by atoms with E-state index in [-0.39, 0.29) is 16.6 Å². The van der Waals surface area contributed by atoms with Gasteiger partial charge in [-0.3, -0.25) is 10.9 Å². The van der Waals surface area contributed by atoms with E-state index in [1.807, 2.05) is 0 Å². The fourth-order valence-corrected chi connectivity index (χ4v) is 1.72. The number of rotatable bonds is 3. The number of anilines is 2. The topological polar surface area (TPSA) is 36.1 Å². The summed E-state index contributed by atoms with van der Waals surface area (Å²) in [4.78, 5) is 0. The third-order valence-corrected chi connectivity index (χ3v) is 2.88. The molecule has 0 atom stereocenters. The summed E-state index contributed by atoms with van der Waals surface area (Å²) in [5.41, 5.74) is 6.04. The van der Waals surface area contributed by atoms with Crippen LogP contribution in [0.4, 0.5) is 24.5 Å². The summed E-state index contributed by atoms with van der Waals surface area (Å²) in [5.74, 6) is -1.79. The van der Waals surface area contributed by atoms with Crippen molar-refractivity contribution in [1.29, 1.82) is 0 Å². The Balaban J connectivity index is 1.94. The maximum atomic E-state index is 13.4. The summed E-state index contributed by atoms with van der Waals surface area (Å²) in [6, 6.07) is 7.64. The number of halogens is 3. The molecule has 0 spiro atoms. The zero-order chi connectivity index (χ0) is 15.4. The average Bonchev–Trinajstić information content (AvgIpc) is 2.42. The third-order valence-electron chi connectivity index (χ3n) is 2.67. The lowest BCUT2D eigenvalue weighted by Crippen LogP contribution is -2.33. The second-order valence-electron chi connectivity index (χ2n) is 4.29. The summed E-state index contributed by atoms with van der Waals surface area (Å²) in [6.07, 6.45) is 0. The number of thiocarbonyl (C=S) groups is 1. The van der Waals surface area contributed by atoms with Gasteiger partial charge in [0.05, 0.1) is 5.69 Å². The maximum absolute atomic E-state index is 13.4. The maximum Gasteiger partial charge on any atom is 0.189 e. The molecule has 0 saturated carbocycles. The first-order valence-corrected chi connectivity index (χ1v) is 6.41. The second-order valence-corrected chi connectivity index (χ2v) is 4.70. The van der Waals surface area contributed by atoms with Crippen molar-refractivity contribution < 1.29 is 13.2 Å². The Hall–Kier alpha value is -2.28. The molecule has 0 unspecified atom stereocenters. The Morgan fingerprint density at radius 1 is 1.00 bits per heavy atom. The summed E-state index contributed by atoms with van der Waals surface area (Å²) >= 11 is 4.98. The highest BCUT2D eigenvalue weighted by molar-refractivity contribution is 7.80. The molecule has 21 heavy (non-hydrogen) atoms. The number of hydrogen-bond donors (Lipinski definition) is 3. The molecule has 2 aromatic carbocycles. The molecule has 0 heterocycles. The Bertz CT molecular complexity index is 677. The third kappa shape index (κ3) is 4.09. The highest BCUT2D eigenvalue weighted by Crippen LogP contribution is 2.15. The number of nitrogens with one attached hydrogen (secondary N) is 3. The van der Waals surface area contributed by atoms with E-state index in [0.717, 1.165) is 12.1 Å². The highest BCUT2D eigenvalue weighted by Gasteiger charge is 2.05. The molecule has 0 radical (unpaired) electrons. The van der Waals surface area contributed by atoms with Crippen molar-refractivity contribution in [2.24, 2.45) is 0 Å². The van der Waals surface area contributed by atoms with Crippen LogP contribution < -0.4 is 16.2 Å². The lowest BCUT2D eigenvalue weighted by molar-refractivity contribution is 0.585. The summed E-state index contributed by atoms with van der Waals surface area (Å²) < 4.78 is 39.5. The molecule has 0 aliphatic rings. The molecule has 2 rings (SSSR count). The minimum atomic E-state index is -0.758. The zero-order valence-corrected chi connectivity index (χ0v) is 11.8. The van der Waals surface area contributed by atoms with Crippen molar-refractivity contribution in [2.75, 3.05) is 10.7 Å². The molecule has 0 fully saturated rings. The minimum absolute atomic E-state index is 0.0376. The Morgan fingerprint density at radius 2 is 1.76 bits per heavy atom. The van der Waals surface area contributed by atoms with Gasteiger partial charge in [0.25, 0.3) is 0 Å². The largest absolute Gasteiger partial charge is 0.331 e.